The summed E-state index contributed by atoms with van der Waals surface area (Å²) >= 11 is 0. The summed E-state index contributed by atoms with van der Waals surface area (Å²) in [6.45, 7) is 0.000406. The largest absolute Gasteiger partial charge is 0.497 e. The SMILES string of the molecule is COC(=O)CNC(=O)[C@H]1CC(=O)N(c2ccc(OC)cc2OC)C1. The van der Waals surface area contributed by atoms with E-state index in [0.717, 1.165) is 0 Å². The van der Waals surface area contributed by atoms with E-state index in [4.69, 9.17) is 9.47 Å². The number of hydrogen-bond donors (Lipinski definition) is 1. The Morgan fingerprint density at radius 2 is 2.00 bits per heavy atom. The van der Waals surface area contributed by atoms with Crippen molar-refractivity contribution in [1.29, 1.82) is 0 Å². The topological polar surface area (TPSA) is 94.2 Å². The molecule has 0 unspecified atom stereocenters. The summed E-state index contributed by atoms with van der Waals surface area (Å²) in [6.07, 6.45) is 0.0716. The van der Waals surface area contributed by atoms with Crippen LogP contribution in [0.15, 0.2) is 18.2 Å². The predicted octanol–water partition coefficient (Wildman–Crippen LogP) is 0.346. The summed E-state index contributed by atoms with van der Waals surface area (Å²) in [5, 5.41) is 2.47. The Bertz CT molecular complexity index is 645. The standard InChI is InChI=1S/C16H20N2O6/c1-22-11-4-5-12(13(7-11)23-2)18-9-10(6-14(18)19)16(21)17-8-15(20)24-3/h4-5,7,10H,6,8-9H2,1-3H3,(H,17,21)/t10-/m0/s1. The average molecular weight is 336 g/mol. The second kappa shape index (κ2) is 7.67. The summed E-state index contributed by atoms with van der Waals surface area (Å²) in [5.41, 5.74) is 0.576. The predicted molar refractivity (Wildman–Crippen MR) is 85.0 cm³/mol. The second-order valence-corrected chi connectivity index (χ2v) is 5.24. The fraction of sp³-hybridized carbons (Fsp3) is 0.438. The van der Waals surface area contributed by atoms with Crippen LogP contribution in [-0.2, 0) is 19.1 Å². The van der Waals surface area contributed by atoms with Crippen LogP contribution in [-0.4, -0.2) is 52.2 Å². The van der Waals surface area contributed by atoms with E-state index in [-0.39, 0.29) is 31.3 Å². The molecule has 0 radical (unpaired) electrons. The maximum absolute atomic E-state index is 12.3. The molecule has 130 valence electrons. The van der Waals surface area contributed by atoms with Crippen molar-refractivity contribution < 1.29 is 28.6 Å². The van der Waals surface area contributed by atoms with E-state index in [0.29, 0.717) is 17.2 Å². The van der Waals surface area contributed by atoms with E-state index in [1.807, 2.05) is 0 Å². The molecule has 24 heavy (non-hydrogen) atoms. The number of rotatable bonds is 6. The zero-order valence-corrected chi connectivity index (χ0v) is 13.8. The lowest BCUT2D eigenvalue weighted by Gasteiger charge is -2.20. The van der Waals surface area contributed by atoms with Crippen LogP contribution in [0.2, 0.25) is 0 Å². The highest BCUT2D eigenvalue weighted by Crippen LogP contribution is 2.35. The number of amides is 2. The van der Waals surface area contributed by atoms with Crippen molar-refractivity contribution in [2.24, 2.45) is 5.92 Å². The van der Waals surface area contributed by atoms with Crippen molar-refractivity contribution in [2.75, 3.05) is 39.3 Å². The van der Waals surface area contributed by atoms with Gasteiger partial charge < -0.3 is 24.4 Å². The van der Waals surface area contributed by atoms with Crippen LogP contribution in [0.25, 0.3) is 0 Å². The molecule has 0 aromatic heterocycles. The summed E-state index contributed by atoms with van der Waals surface area (Å²) in [7, 11) is 4.28. The van der Waals surface area contributed by atoms with Gasteiger partial charge in [0.15, 0.2) is 0 Å². The molecule has 1 aliphatic heterocycles. The molecule has 2 rings (SSSR count). The maximum Gasteiger partial charge on any atom is 0.325 e. The molecule has 1 aromatic rings. The smallest absolute Gasteiger partial charge is 0.325 e. The van der Waals surface area contributed by atoms with Gasteiger partial charge in [0.05, 0.1) is 32.9 Å². The molecule has 0 aliphatic carbocycles. The third-order valence-corrected chi connectivity index (χ3v) is 3.81. The Hall–Kier alpha value is -2.77. The minimum atomic E-state index is -0.540. The van der Waals surface area contributed by atoms with Gasteiger partial charge in [0.25, 0.3) is 0 Å². The van der Waals surface area contributed by atoms with E-state index in [9.17, 15) is 14.4 Å². The number of anilines is 1. The zero-order chi connectivity index (χ0) is 17.7. The number of methoxy groups -OCH3 is 3. The lowest BCUT2D eigenvalue weighted by Crippen LogP contribution is -2.36. The van der Waals surface area contributed by atoms with Crippen molar-refractivity contribution in [3.05, 3.63) is 18.2 Å². The van der Waals surface area contributed by atoms with Gasteiger partial charge in [-0.25, -0.2) is 0 Å². The molecular formula is C16H20N2O6. The lowest BCUT2D eigenvalue weighted by atomic mass is 10.1. The number of hydrogen-bond acceptors (Lipinski definition) is 6. The molecule has 1 atom stereocenters. The first kappa shape index (κ1) is 17.6. The molecule has 2 amide bonds. The van der Waals surface area contributed by atoms with Gasteiger partial charge in [0.1, 0.15) is 18.0 Å². The van der Waals surface area contributed by atoms with Gasteiger partial charge in [0, 0.05) is 19.0 Å². The summed E-state index contributed by atoms with van der Waals surface area (Å²) in [5.74, 6) is -0.524. The molecule has 8 nitrogen and oxygen atoms in total. The van der Waals surface area contributed by atoms with Crippen LogP contribution in [0.4, 0.5) is 5.69 Å². The number of esters is 1. The number of carbonyl (C=O) groups excluding carboxylic acids is 3. The van der Waals surface area contributed by atoms with Crippen LogP contribution in [0, 0.1) is 5.92 Å². The highest BCUT2D eigenvalue weighted by atomic mass is 16.5. The van der Waals surface area contributed by atoms with Crippen molar-refractivity contribution >= 4 is 23.5 Å². The van der Waals surface area contributed by atoms with Gasteiger partial charge in [-0.2, -0.15) is 0 Å². The van der Waals surface area contributed by atoms with Gasteiger partial charge in [-0.1, -0.05) is 0 Å². The monoisotopic (exact) mass is 336 g/mol. The van der Waals surface area contributed by atoms with Gasteiger partial charge >= 0.3 is 5.97 Å². The van der Waals surface area contributed by atoms with E-state index >= 15 is 0 Å². The zero-order valence-electron chi connectivity index (χ0n) is 13.8. The number of nitrogens with zero attached hydrogens (tertiary/aromatic N) is 1. The molecule has 0 bridgehead atoms. The molecule has 1 N–H and O–H groups in total. The van der Waals surface area contributed by atoms with Crippen LogP contribution in [0.3, 0.4) is 0 Å². The van der Waals surface area contributed by atoms with Gasteiger partial charge in [0.2, 0.25) is 11.8 Å². The molecule has 1 fully saturated rings. The maximum atomic E-state index is 12.3. The molecule has 8 heteroatoms. The third-order valence-electron chi connectivity index (χ3n) is 3.81. The molecule has 0 saturated carbocycles. The van der Waals surface area contributed by atoms with Crippen molar-refractivity contribution in [3.8, 4) is 11.5 Å². The van der Waals surface area contributed by atoms with Crippen LogP contribution < -0.4 is 19.7 Å². The fourth-order valence-corrected chi connectivity index (χ4v) is 2.50. The summed E-state index contributed by atoms with van der Waals surface area (Å²) in [4.78, 5) is 37.0. The van der Waals surface area contributed by atoms with Crippen LogP contribution in [0.5, 0.6) is 11.5 Å². The van der Waals surface area contributed by atoms with Crippen LogP contribution >= 0.6 is 0 Å². The first-order chi connectivity index (χ1) is 11.5. The highest BCUT2D eigenvalue weighted by molar-refractivity contribution is 6.01. The van der Waals surface area contributed by atoms with Crippen LogP contribution in [0.1, 0.15) is 6.42 Å². The minimum Gasteiger partial charge on any atom is -0.497 e. The minimum absolute atomic E-state index is 0.0716. The molecular weight excluding hydrogens is 316 g/mol. The first-order valence-corrected chi connectivity index (χ1v) is 7.37. The number of carbonyl (C=O) groups is 3. The molecule has 0 spiro atoms. The molecule has 1 heterocycles. The Balaban J connectivity index is 2.10. The first-order valence-electron chi connectivity index (χ1n) is 7.37. The Kier molecular flexibility index (Phi) is 5.62. The number of ether oxygens (including phenoxy) is 3. The number of benzene rings is 1. The van der Waals surface area contributed by atoms with E-state index in [2.05, 4.69) is 10.1 Å². The Morgan fingerprint density at radius 1 is 1.25 bits per heavy atom. The van der Waals surface area contributed by atoms with E-state index < -0.39 is 11.9 Å². The van der Waals surface area contributed by atoms with Crippen molar-refractivity contribution in [1.82, 2.24) is 5.32 Å². The quantitative estimate of drug-likeness (QED) is 0.753. The van der Waals surface area contributed by atoms with Crippen molar-refractivity contribution in [3.63, 3.8) is 0 Å². The second-order valence-electron chi connectivity index (χ2n) is 5.24. The normalized spacial score (nSPS) is 16.7. The molecule has 1 aromatic carbocycles. The van der Waals surface area contributed by atoms with Gasteiger partial charge in [-0.05, 0) is 12.1 Å². The molecule has 1 aliphatic rings. The molecule has 1 saturated heterocycles. The average Bonchev–Trinajstić information content (AvgIpc) is 3.00. The Labute approximate surface area is 139 Å². The van der Waals surface area contributed by atoms with Gasteiger partial charge in [-0.3, -0.25) is 14.4 Å². The van der Waals surface area contributed by atoms with E-state index in [1.165, 1.54) is 26.2 Å². The van der Waals surface area contributed by atoms with Gasteiger partial charge in [-0.15, -0.1) is 0 Å². The summed E-state index contributed by atoms with van der Waals surface area (Å²) < 4.78 is 14.9. The number of nitrogens with one attached hydrogen (secondary N) is 1. The highest BCUT2D eigenvalue weighted by Gasteiger charge is 2.36. The van der Waals surface area contributed by atoms with Crippen molar-refractivity contribution in [2.45, 2.75) is 6.42 Å². The Morgan fingerprint density at radius 3 is 2.62 bits per heavy atom. The third kappa shape index (κ3) is 3.76. The summed E-state index contributed by atoms with van der Waals surface area (Å²) in [6, 6.07) is 5.10. The van der Waals surface area contributed by atoms with E-state index in [1.54, 1.807) is 18.2 Å². The fourth-order valence-electron chi connectivity index (χ4n) is 2.50. The lowest BCUT2D eigenvalue weighted by molar-refractivity contribution is -0.141.